The Morgan fingerprint density at radius 1 is 0.854 bits per heavy atom. The minimum Gasteiger partial charge on any atom is -0.371 e. The number of carbonyl (C=O) groups excluding carboxylic acids is 3. The normalized spacial score (nSPS) is 17.4. The summed E-state index contributed by atoms with van der Waals surface area (Å²) in [6, 6.07) is 24.5. The Kier molecular flexibility index (Phi) is 6.37. The average Bonchev–Trinajstić information content (AvgIpc) is 3.76. The van der Waals surface area contributed by atoms with Gasteiger partial charge < -0.3 is 14.8 Å². The molecule has 3 heterocycles. The van der Waals surface area contributed by atoms with Crippen molar-refractivity contribution in [3.05, 3.63) is 95.2 Å². The van der Waals surface area contributed by atoms with Crippen LogP contribution in [0.25, 0.3) is 16.6 Å². The molecule has 1 N–H and O–H groups in total. The van der Waals surface area contributed by atoms with E-state index in [2.05, 4.69) is 70.2 Å². The monoisotopic (exact) mass is 546 g/mol. The zero-order valence-electron chi connectivity index (χ0n) is 23.3. The van der Waals surface area contributed by atoms with Gasteiger partial charge in [-0.2, -0.15) is 0 Å². The van der Waals surface area contributed by atoms with Gasteiger partial charge in [0, 0.05) is 48.4 Å². The Bertz CT molecular complexity index is 1660. The molecule has 2 aliphatic heterocycles. The number of nitrogens with one attached hydrogen (secondary N) is 1. The minimum atomic E-state index is -0.161. The molecule has 7 rings (SSSR count). The third-order valence-electron chi connectivity index (χ3n) is 8.97. The standard InChI is InChI=1S/C34H34N4O3/c1-22-26(27-10-5-6-12-29(27)37(22)24-8-3-2-4-9-24)16-19-35-32(39)23-17-20-36(21-18-23)30-13-7-11-28-31(30)34(41)38(33(28)40)25-14-15-25/h2-13,23,25H,14-21H2,1H3,(H,35,39). The van der Waals surface area contributed by atoms with Crippen molar-refractivity contribution < 1.29 is 14.4 Å². The molecule has 7 heteroatoms. The Hall–Kier alpha value is -4.39. The number of piperidine rings is 1. The summed E-state index contributed by atoms with van der Waals surface area (Å²) >= 11 is 0. The van der Waals surface area contributed by atoms with Gasteiger partial charge >= 0.3 is 0 Å². The predicted octanol–water partition coefficient (Wildman–Crippen LogP) is 5.27. The van der Waals surface area contributed by atoms with Crippen molar-refractivity contribution in [3.8, 4) is 5.69 Å². The van der Waals surface area contributed by atoms with Crippen LogP contribution in [-0.2, 0) is 11.2 Å². The van der Waals surface area contributed by atoms with Crippen LogP contribution in [0, 0.1) is 12.8 Å². The van der Waals surface area contributed by atoms with Crippen molar-refractivity contribution in [1.82, 2.24) is 14.8 Å². The van der Waals surface area contributed by atoms with Crippen LogP contribution in [-0.4, -0.2) is 52.9 Å². The molecule has 0 bridgehead atoms. The molecule has 3 aromatic carbocycles. The number of para-hydroxylation sites is 2. The SMILES string of the molecule is Cc1c(CCNC(=O)C2CCN(c3cccc4c3C(=O)N(C3CC3)C4=O)CC2)c2ccccc2n1-c1ccccc1. The van der Waals surface area contributed by atoms with E-state index in [0.717, 1.165) is 43.5 Å². The van der Waals surface area contributed by atoms with Gasteiger partial charge in [0.05, 0.1) is 22.3 Å². The van der Waals surface area contributed by atoms with Crippen molar-refractivity contribution in [2.75, 3.05) is 24.5 Å². The van der Waals surface area contributed by atoms with Crippen LogP contribution < -0.4 is 10.2 Å². The van der Waals surface area contributed by atoms with Crippen LogP contribution in [0.1, 0.15) is 57.7 Å². The fourth-order valence-electron chi connectivity index (χ4n) is 6.71. The summed E-state index contributed by atoms with van der Waals surface area (Å²) in [5.74, 6) is -0.286. The number of imide groups is 1. The number of hydrogen-bond donors (Lipinski definition) is 1. The maximum Gasteiger partial charge on any atom is 0.263 e. The van der Waals surface area contributed by atoms with Gasteiger partial charge in [-0.05, 0) is 74.9 Å². The predicted molar refractivity (Wildman–Crippen MR) is 160 cm³/mol. The highest BCUT2D eigenvalue weighted by molar-refractivity contribution is 6.24. The van der Waals surface area contributed by atoms with Gasteiger partial charge in [-0.3, -0.25) is 19.3 Å². The molecule has 3 amide bonds. The fraction of sp³-hybridized carbons (Fsp3) is 0.324. The second-order valence-corrected chi connectivity index (χ2v) is 11.5. The van der Waals surface area contributed by atoms with Crippen molar-refractivity contribution in [2.45, 2.75) is 45.1 Å². The van der Waals surface area contributed by atoms with E-state index in [1.165, 1.54) is 27.1 Å². The first-order chi connectivity index (χ1) is 20.0. The van der Waals surface area contributed by atoms with Crippen LogP contribution in [0.15, 0.2) is 72.8 Å². The van der Waals surface area contributed by atoms with Crippen LogP contribution in [0.3, 0.4) is 0 Å². The lowest BCUT2D eigenvalue weighted by atomic mass is 9.94. The molecule has 1 saturated carbocycles. The summed E-state index contributed by atoms with van der Waals surface area (Å²) < 4.78 is 2.30. The summed E-state index contributed by atoms with van der Waals surface area (Å²) in [5.41, 5.74) is 6.66. The topological polar surface area (TPSA) is 74.7 Å². The molecule has 3 aliphatic rings. The number of nitrogens with zero attached hydrogens (tertiary/aromatic N) is 3. The largest absolute Gasteiger partial charge is 0.371 e. The van der Waals surface area contributed by atoms with Crippen LogP contribution in [0.2, 0.25) is 0 Å². The quantitative estimate of drug-likeness (QED) is 0.321. The van der Waals surface area contributed by atoms with Crippen molar-refractivity contribution in [3.63, 3.8) is 0 Å². The summed E-state index contributed by atoms with van der Waals surface area (Å²) in [5, 5.41) is 4.43. The van der Waals surface area contributed by atoms with Gasteiger partial charge in [-0.25, -0.2) is 0 Å². The molecule has 7 nitrogen and oxygen atoms in total. The highest BCUT2D eigenvalue weighted by Gasteiger charge is 2.46. The summed E-state index contributed by atoms with van der Waals surface area (Å²) in [6.45, 7) is 4.11. The Labute approximate surface area is 239 Å². The Balaban J connectivity index is 0.998. The lowest BCUT2D eigenvalue weighted by Gasteiger charge is -2.33. The van der Waals surface area contributed by atoms with Gasteiger partial charge in [0.2, 0.25) is 5.91 Å². The molecule has 2 fully saturated rings. The van der Waals surface area contributed by atoms with Crippen LogP contribution in [0.5, 0.6) is 0 Å². The molecule has 4 aromatic rings. The molecule has 1 aromatic heterocycles. The lowest BCUT2D eigenvalue weighted by Crippen LogP contribution is -2.41. The molecule has 1 aliphatic carbocycles. The number of hydrogen-bond acceptors (Lipinski definition) is 4. The van der Waals surface area contributed by atoms with Crippen LogP contribution >= 0.6 is 0 Å². The second-order valence-electron chi connectivity index (χ2n) is 11.5. The molecule has 41 heavy (non-hydrogen) atoms. The van der Waals surface area contributed by atoms with E-state index in [9.17, 15) is 14.4 Å². The van der Waals surface area contributed by atoms with Crippen molar-refractivity contribution in [2.24, 2.45) is 5.92 Å². The molecule has 0 unspecified atom stereocenters. The van der Waals surface area contributed by atoms with E-state index in [4.69, 9.17) is 0 Å². The molecular weight excluding hydrogens is 512 g/mol. The number of rotatable bonds is 7. The minimum absolute atomic E-state index is 0.0587. The molecule has 0 radical (unpaired) electrons. The number of anilines is 1. The van der Waals surface area contributed by atoms with Crippen molar-refractivity contribution in [1.29, 1.82) is 0 Å². The molecule has 0 spiro atoms. The van der Waals surface area contributed by atoms with Gasteiger partial charge in [0.15, 0.2) is 0 Å². The smallest absolute Gasteiger partial charge is 0.263 e. The Morgan fingerprint density at radius 3 is 2.34 bits per heavy atom. The first kappa shape index (κ1) is 25.6. The van der Waals surface area contributed by atoms with E-state index in [0.29, 0.717) is 30.8 Å². The molecule has 208 valence electrons. The maximum atomic E-state index is 13.2. The Morgan fingerprint density at radius 2 is 1.59 bits per heavy atom. The molecule has 0 atom stereocenters. The maximum absolute atomic E-state index is 13.2. The zero-order valence-corrected chi connectivity index (χ0v) is 23.3. The van der Waals surface area contributed by atoms with Crippen LogP contribution in [0.4, 0.5) is 5.69 Å². The zero-order chi connectivity index (χ0) is 28.1. The van der Waals surface area contributed by atoms with Gasteiger partial charge in [0.25, 0.3) is 11.8 Å². The van der Waals surface area contributed by atoms with E-state index in [1.807, 2.05) is 18.2 Å². The fourth-order valence-corrected chi connectivity index (χ4v) is 6.71. The van der Waals surface area contributed by atoms with Gasteiger partial charge in [-0.1, -0.05) is 42.5 Å². The summed E-state index contributed by atoms with van der Waals surface area (Å²) in [7, 11) is 0. The first-order valence-electron chi connectivity index (χ1n) is 14.7. The van der Waals surface area contributed by atoms with Gasteiger partial charge in [0.1, 0.15) is 0 Å². The molecular formula is C34H34N4O3. The molecule has 1 saturated heterocycles. The van der Waals surface area contributed by atoms with E-state index in [1.54, 1.807) is 6.07 Å². The average molecular weight is 547 g/mol. The number of aromatic nitrogens is 1. The highest BCUT2D eigenvalue weighted by atomic mass is 16.2. The number of fused-ring (bicyclic) bond motifs is 2. The number of benzene rings is 3. The number of amides is 3. The second kappa shape index (κ2) is 10.2. The number of carbonyl (C=O) groups is 3. The highest BCUT2D eigenvalue weighted by Crippen LogP contribution is 2.39. The first-order valence-corrected chi connectivity index (χ1v) is 14.7. The third-order valence-corrected chi connectivity index (χ3v) is 8.97. The summed E-state index contributed by atoms with van der Waals surface area (Å²) in [4.78, 5) is 42.8. The lowest BCUT2D eigenvalue weighted by molar-refractivity contribution is -0.125. The van der Waals surface area contributed by atoms with E-state index in [-0.39, 0.29) is 29.7 Å². The van der Waals surface area contributed by atoms with Crippen molar-refractivity contribution >= 4 is 34.3 Å². The van der Waals surface area contributed by atoms with E-state index < -0.39 is 0 Å². The van der Waals surface area contributed by atoms with E-state index >= 15 is 0 Å². The van der Waals surface area contributed by atoms with Gasteiger partial charge in [-0.15, -0.1) is 0 Å². The third kappa shape index (κ3) is 4.40. The summed E-state index contributed by atoms with van der Waals surface area (Å²) in [6.07, 6.45) is 4.00.